The number of benzene rings is 2. The van der Waals surface area contributed by atoms with Gasteiger partial charge >= 0.3 is 0 Å². The van der Waals surface area contributed by atoms with E-state index in [9.17, 15) is 23.2 Å². The maximum atomic E-state index is 14.2. The van der Waals surface area contributed by atoms with E-state index in [1.807, 2.05) is 24.3 Å². The van der Waals surface area contributed by atoms with Crippen LogP contribution in [0.15, 0.2) is 54.7 Å². The van der Waals surface area contributed by atoms with Gasteiger partial charge in [0.1, 0.15) is 24.0 Å². The van der Waals surface area contributed by atoms with Crippen LogP contribution in [0, 0.1) is 17.0 Å². The van der Waals surface area contributed by atoms with Crippen LogP contribution in [0.4, 0.5) is 20.3 Å². The van der Waals surface area contributed by atoms with Crippen molar-refractivity contribution in [2.75, 3.05) is 36.9 Å². The molecule has 3 aromatic rings. The Morgan fingerprint density at radius 3 is 2.53 bits per heavy atom. The Balaban J connectivity index is 1.03. The minimum Gasteiger partial charge on any atom is -0.380 e. The number of hydrogen-bond donors (Lipinski definition) is 3. The molecule has 220 valence electrons. The predicted molar refractivity (Wildman–Crippen MR) is 151 cm³/mol. The lowest BCUT2D eigenvalue weighted by Crippen LogP contribution is -2.76. The normalized spacial score (nSPS) is 25.7. The van der Waals surface area contributed by atoms with E-state index in [0.29, 0.717) is 44.7 Å². The zero-order valence-corrected chi connectivity index (χ0v) is 23.2. The highest BCUT2D eigenvalue weighted by Gasteiger charge is 2.64. The molecule has 2 atom stereocenters. The van der Waals surface area contributed by atoms with Gasteiger partial charge in [0, 0.05) is 29.9 Å². The molecule has 9 nitrogen and oxygen atoms in total. The van der Waals surface area contributed by atoms with Gasteiger partial charge in [-0.15, -0.1) is 0 Å². The van der Waals surface area contributed by atoms with Gasteiger partial charge < -0.3 is 25.6 Å². The summed E-state index contributed by atoms with van der Waals surface area (Å²) in [5, 5.41) is 9.14. The monoisotopic (exact) mass is 585 g/mol. The zero-order chi connectivity index (χ0) is 29.6. The molecule has 2 aromatic carbocycles. The number of carbonyl (C=O) groups excluding carboxylic acids is 3. The van der Waals surface area contributed by atoms with E-state index in [4.69, 9.17) is 4.74 Å². The van der Waals surface area contributed by atoms with Gasteiger partial charge in [0.25, 0.3) is 0 Å². The number of piperazine rings is 1. The standard InChI is InChI=1S/C32H29F2N5O4/c33-21-5-18(6-22(34)8-21)25-12-36-32(14-30(15-32)16-43-17-30)29(42)39(25)13-27(40)38-26-7-19-9-31(10-20(19)11-35-26)23-3-1-2-4-24(23)37-28(31)41/h1-8,11,25,36H,9-10,12-17H2,(H,37,41)(H,35,38,40). The van der Waals surface area contributed by atoms with Crippen LogP contribution in [0.5, 0.6) is 0 Å². The van der Waals surface area contributed by atoms with Crippen molar-refractivity contribution < 1.29 is 27.9 Å². The van der Waals surface area contributed by atoms with E-state index < -0.39 is 34.5 Å². The summed E-state index contributed by atoms with van der Waals surface area (Å²) in [5.41, 5.74) is 2.35. The molecule has 3 spiro atoms. The molecule has 11 heteroatoms. The van der Waals surface area contributed by atoms with Crippen LogP contribution < -0.4 is 16.0 Å². The summed E-state index contributed by atoms with van der Waals surface area (Å²) < 4.78 is 33.7. The third-order valence-electron chi connectivity index (χ3n) is 9.89. The maximum Gasteiger partial charge on any atom is 0.245 e. The summed E-state index contributed by atoms with van der Waals surface area (Å²) in [6, 6.07) is 11.9. The Kier molecular flexibility index (Phi) is 5.61. The molecule has 3 N–H and O–H groups in total. The largest absolute Gasteiger partial charge is 0.380 e. The van der Waals surface area contributed by atoms with Gasteiger partial charge in [0.2, 0.25) is 17.7 Å². The quantitative estimate of drug-likeness (QED) is 0.434. The first-order valence-corrected chi connectivity index (χ1v) is 14.5. The van der Waals surface area contributed by atoms with Crippen molar-refractivity contribution in [3.05, 3.63) is 88.6 Å². The van der Waals surface area contributed by atoms with Crippen LogP contribution >= 0.6 is 0 Å². The van der Waals surface area contributed by atoms with Gasteiger partial charge in [-0.3, -0.25) is 14.4 Å². The Hall–Kier alpha value is -4.22. The first kappa shape index (κ1) is 26.4. The molecular weight excluding hydrogens is 556 g/mol. The van der Waals surface area contributed by atoms with Crippen molar-refractivity contribution in [1.82, 2.24) is 15.2 Å². The average Bonchev–Trinajstić information content (AvgIpc) is 3.44. The first-order valence-electron chi connectivity index (χ1n) is 14.5. The van der Waals surface area contributed by atoms with Crippen molar-refractivity contribution >= 4 is 29.2 Å². The van der Waals surface area contributed by atoms with Crippen LogP contribution in [-0.2, 0) is 37.4 Å². The smallest absolute Gasteiger partial charge is 0.245 e. The van der Waals surface area contributed by atoms with E-state index in [-0.39, 0.29) is 35.9 Å². The predicted octanol–water partition coefficient (Wildman–Crippen LogP) is 3.01. The van der Waals surface area contributed by atoms with Gasteiger partial charge in [-0.05, 0) is 72.2 Å². The second-order valence-corrected chi connectivity index (χ2v) is 12.8. The molecule has 8 rings (SSSR count). The zero-order valence-electron chi connectivity index (χ0n) is 23.2. The molecule has 0 radical (unpaired) electrons. The van der Waals surface area contributed by atoms with Crippen LogP contribution in [-0.4, -0.2) is 59.4 Å². The van der Waals surface area contributed by atoms with Crippen molar-refractivity contribution in [2.45, 2.75) is 42.7 Å². The number of hydrogen-bond acceptors (Lipinski definition) is 6. The third-order valence-corrected chi connectivity index (χ3v) is 9.89. The van der Waals surface area contributed by atoms with Gasteiger partial charge in [0.15, 0.2) is 0 Å². The second-order valence-electron chi connectivity index (χ2n) is 12.8. The molecule has 3 amide bonds. The van der Waals surface area contributed by atoms with E-state index >= 15 is 0 Å². The van der Waals surface area contributed by atoms with E-state index in [1.165, 1.54) is 17.0 Å². The van der Waals surface area contributed by atoms with Crippen molar-refractivity contribution in [3.63, 3.8) is 0 Å². The first-order chi connectivity index (χ1) is 20.7. The maximum absolute atomic E-state index is 14.2. The fourth-order valence-electron chi connectivity index (χ4n) is 7.93. The number of nitrogens with one attached hydrogen (secondary N) is 3. The highest BCUT2D eigenvalue weighted by Crippen LogP contribution is 2.55. The molecule has 1 saturated carbocycles. The number of para-hydroxylation sites is 1. The number of ether oxygens (including phenoxy) is 1. The van der Waals surface area contributed by atoms with Crippen LogP contribution in [0.2, 0.25) is 0 Å². The number of fused-ring (bicyclic) bond motifs is 3. The lowest BCUT2D eigenvalue weighted by atomic mass is 9.55. The Morgan fingerprint density at radius 2 is 1.79 bits per heavy atom. The highest BCUT2D eigenvalue weighted by molar-refractivity contribution is 6.07. The topological polar surface area (TPSA) is 113 Å². The number of halogens is 2. The summed E-state index contributed by atoms with van der Waals surface area (Å²) in [6.45, 7) is 1.14. The fourth-order valence-corrected chi connectivity index (χ4v) is 7.93. The number of nitrogens with zero attached hydrogens (tertiary/aromatic N) is 2. The van der Waals surface area contributed by atoms with Crippen molar-refractivity contribution in [3.8, 4) is 0 Å². The Morgan fingerprint density at radius 1 is 1.05 bits per heavy atom. The van der Waals surface area contributed by atoms with Crippen molar-refractivity contribution in [1.29, 1.82) is 0 Å². The van der Waals surface area contributed by atoms with Gasteiger partial charge in [-0.1, -0.05) is 18.2 Å². The Labute approximate surface area is 246 Å². The number of pyridine rings is 1. The molecule has 2 aliphatic carbocycles. The molecule has 5 aliphatic rings. The summed E-state index contributed by atoms with van der Waals surface area (Å²) in [5.74, 6) is -1.98. The summed E-state index contributed by atoms with van der Waals surface area (Å²) in [6.07, 6.45) is 3.86. The minimum atomic E-state index is -0.829. The number of amides is 3. The van der Waals surface area contributed by atoms with Crippen LogP contribution in [0.1, 0.15) is 41.1 Å². The molecule has 1 aromatic heterocycles. The van der Waals surface area contributed by atoms with Crippen LogP contribution in [0.25, 0.3) is 0 Å². The van der Waals surface area contributed by atoms with Crippen LogP contribution in [0.3, 0.4) is 0 Å². The van der Waals surface area contributed by atoms with Gasteiger partial charge in [-0.25, -0.2) is 13.8 Å². The SMILES string of the molecule is O=C(CN1C(=O)C2(CC3(COC3)C2)NCC1c1cc(F)cc(F)c1)Nc1cc2c(cn1)CC1(C2)C(=O)Nc2ccccc21. The number of anilines is 2. The summed E-state index contributed by atoms with van der Waals surface area (Å²) in [4.78, 5) is 46.3. The van der Waals surface area contributed by atoms with Gasteiger partial charge in [-0.2, -0.15) is 0 Å². The molecule has 3 fully saturated rings. The fraction of sp³-hybridized carbons (Fsp3) is 0.375. The summed E-state index contributed by atoms with van der Waals surface area (Å²) >= 11 is 0. The number of aromatic nitrogens is 1. The molecule has 43 heavy (non-hydrogen) atoms. The lowest BCUT2D eigenvalue weighted by molar-refractivity contribution is -0.207. The molecule has 4 heterocycles. The average molecular weight is 586 g/mol. The lowest BCUT2D eigenvalue weighted by Gasteiger charge is -2.62. The molecule has 3 aliphatic heterocycles. The van der Waals surface area contributed by atoms with E-state index in [1.54, 1.807) is 12.3 Å². The molecule has 2 saturated heterocycles. The number of rotatable bonds is 4. The summed E-state index contributed by atoms with van der Waals surface area (Å²) in [7, 11) is 0. The van der Waals surface area contributed by atoms with Crippen molar-refractivity contribution in [2.24, 2.45) is 5.41 Å². The molecular formula is C32H29F2N5O4. The Bertz CT molecular complexity index is 1700. The van der Waals surface area contributed by atoms with Gasteiger partial charge in [0.05, 0.1) is 30.2 Å². The molecule has 0 bridgehead atoms. The second kappa shape index (κ2) is 9.14. The highest BCUT2D eigenvalue weighted by atomic mass is 19.1. The van der Waals surface area contributed by atoms with E-state index in [2.05, 4.69) is 20.9 Å². The third kappa shape index (κ3) is 4.01. The molecule has 2 unspecified atom stereocenters. The van der Waals surface area contributed by atoms with E-state index in [0.717, 1.165) is 28.4 Å². The minimum absolute atomic E-state index is 0.0309. The number of carbonyl (C=O) groups is 3.